The van der Waals surface area contributed by atoms with E-state index in [0.29, 0.717) is 16.0 Å². The highest BCUT2D eigenvalue weighted by atomic mass is 32.2. The second-order valence-electron chi connectivity index (χ2n) is 5.51. The molecule has 7 nitrogen and oxygen atoms in total. The molecule has 1 aromatic carbocycles. The summed E-state index contributed by atoms with van der Waals surface area (Å²) in [7, 11) is 0. The number of aromatic amines is 1. The highest BCUT2D eigenvalue weighted by Gasteiger charge is 2.32. The first-order chi connectivity index (χ1) is 12.6. The maximum Gasteiger partial charge on any atom is 0.329 e. The molecule has 2 aromatic heterocycles. The Labute approximate surface area is 152 Å². The lowest BCUT2D eigenvalue weighted by atomic mass is 10.3. The molecule has 1 fully saturated rings. The first-order valence-corrected chi connectivity index (χ1v) is 8.63. The Bertz CT molecular complexity index is 1020. The second kappa shape index (κ2) is 6.57. The van der Waals surface area contributed by atoms with E-state index in [9.17, 15) is 9.59 Å². The summed E-state index contributed by atoms with van der Waals surface area (Å²) in [6.07, 6.45) is 3.00. The number of hydrogen-bond acceptors (Lipinski definition) is 5. The number of carbonyl (C=O) groups excluding carboxylic acids is 2. The molecule has 3 amide bonds. The van der Waals surface area contributed by atoms with Crippen molar-refractivity contribution >= 4 is 40.8 Å². The Morgan fingerprint density at radius 1 is 1.23 bits per heavy atom. The van der Waals surface area contributed by atoms with Gasteiger partial charge in [-0.15, -0.1) is 6.58 Å². The summed E-state index contributed by atoms with van der Waals surface area (Å²) in [5.74, 6) is 0.0606. The number of aromatic nitrogens is 2. The number of H-pyrrole nitrogens is 1. The van der Waals surface area contributed by atoms with Crippen molar-refractivity contribution in [2.45, 2.75) is 10.2 Å². The van der Waals surface area contributed by atoms with Crippen LogP contribution in [0.3, 0.4) is 0 Å². The van der Waals surface area contributed by atoms with Crippen molar-refractivity contribution in [3.63, 3.8) is 0 Å². The first kappa shape index (κ1) is 16.2. The van der Waals surface area contributed by atoms with Crippen molar-refractivity contribution in [2.24, 2.45) is 0 Å². The Hall–Kier alpha value is -3.26. The molecule has 0 saturated carbocycles. The van der Waals surface area contributed by atoms with Gasteiger partial charge < -0.3 is 14.7 Å². The number of para-hydroxylation sites is 2. The maximum absolute atomic E-state index is 12.2. The van der Waals surface area contributed by atoms with E-state index < -0.39 is 11.9 Å². The van der Waals surface area contributed by atoms with Gasteiger partial charge in [0.25, 0.3) is 5.91 Å². The lowest BCUT2D eigenvalue weighted by Gasteiger charge is -2.06. The van der Waals surface area contributed by atoms with Crippen LogP contribution in [0.1, 0.15) is 5.76 Å². The molecule has 1 saturated heterocycles. The van der Waals surface area contributed by atoms with E-state index in [-0.39, 0.29) is 12.2 Å². The Kier molecular flexibility index (Phi) is 4.10. The van der Waals surface area contributed by atoms with E-state index in [1.54, 1.807) is 12.1 Å². The summed E-state index contributed by atoms with van der Waals surface area (Å²) in [6, 6.07) is 10.8. The number of hydrogen-bond donors (Lipinski definition) is 2. The molecule has 3 aromatic rings. The minimum absolute atomic E-state index is 0.160. The van der Waals surface area contributed by atoms with Crippen molar-refractivity contribution < 1.29 is 14.0 Å². The highest BCUT2D eigenvalue weighted by Crippen LogP contribution is 2.29. The molecule has 0 atom stereocenters. The molecule has 130 valence electrons. The van der Waals surface area contributed by atoms with Crippen molar-refractivity contribution in [3.8, 4) is 0 Å². The monoisotopic (exact) mass is 366 g/mol. The Balaban J connectivity index is 1.52. The van der Waals surface area contributed by atoms with Gasteiger partial charge in [-0.05, 0) is 36.0 Å². The summed E-state index contributed by atoms with van der Waals surface area (Å²) in [4.78, 5) is 32.7. The number of imidazole rings is 1. The third kappa shape index (κ3) is 3.02. The van der Waals surface area contributed by atoms with Crippen LogP contribution >= 0.6 is 11.8 Å². The van der Waals surface area contributed by atoms with E-state index in [1.165, 1.54) is 23.9 Å². The van der Waals surface area contributed by atoms with Gasteiger partial charge in [-0.3, -0.25) is 9.69 Å². The lowest BCUT2D eigenvalue weighted by molar-refractivity contribution is -0.122. The SMILES string of the molecule is C=CCN1C(=O)N/C(=C/c2ccc(Sc3nc4ccccc4[nH]3)o2)C1=O. The molecule has 4 rings (SSSR count). The molecular weight excluding hydrogens is 352 g/mol. The summed E-state index contributed by atoms with van der Waals surface area (Å²) in [6.45, 7) is 3.70. The van der Waals surface area contributed by atoms with Crippen LogP contribution < -0.4 is 5.32 Å². The van der Waals surface area contributed by atoms with E-state index >= 15 is 0 Å². The zero-order valence-electron chi connectivity index (χ0n) is 13.6. The van der Waals surface area contributed by atoms with Crippen LogP contribution in [0.2, 0.25) is 0 Å². The molecule has 8 heteroatoms. The predicted octanol–water partition coefficient (Wildman–Crippen LogP) is 3.39. The zero-order chi connectivity index (χ0) is 18.1. The number of benzene rings is 1. The fraction of sp³-hybridized carbons (Fsp3) is 0.0556. The Morgan fingerprint density at radius 3 is 2.88 bits per heavy atom. The summed E-state index contributed by atoms with van der Waals surface area (Å²) < 4.78 is 5.71. The lowest BCUT2D eigenvalue weighted by Crippen LogP contribution is -2.30. The molecule has 3 heterocycles. The number of imide groups is 1. The van der Waals surface area contributed by atoms with Gasteiger partial charge in [0.05, 0.1) is 11.0 Å². The molecule has 26 heavy (non-hydrogen) atoms. The normalized spacial score (nSPS) is 15.8. The zero-order valence-corrected chi connectivity index (χ0v) is 14.4. The number of nitrogens with one attached hydrogen (secondary N) is 2. The number of fused-ring (bicyclic) bond motifs is 1. The van der Waals surface area contributed by atoms with Crippen molar-refractivity contribution in [3.05, 3.63) is 60.5 Å². The van der Waals surface area contributed by atoms with Gasteiger partial charge in [-0.1, -0.05) is 18.2 Å². The van der Waals surface area contributed by atoms with Crippen molar-refractivity contribution in [1.82, 2.24) is 20.2 Å². The summed E-state index contributed by atoms with van der Waals surface area (Å²) in [5, 5.41) is 3.86. The van der Waals surface area contributed by atoms with Crippen molar-refractivity contribution in [1.29, 1.82) is 0 Å². The van der Waals surface area contributed by atoms with E-state index in [2.05, 4.69) is 21.9 Å². The standard InChI is InChI=1S/C18H14N4O3S/c1-2-9-22-16(23)14(21-18(22)24)10-11-7-8-15(25-11)26-17-19-12-5-3-4-6-13(12)20-17/h2-8,10H,1,9H2,(H,19,20)(H,21,24)/b14-10+. The number of amides is 3. The number of carbonyl (C=O) groups is 2. The van der Waals surface area contributed by atoms with E-state index in [1.807, 2.05) is 24.3 Å². The molecule has 1 aliphatic rings. The van der Waals surface area contributed by atoms with Crippen molar-refractivity contribution in [2.75, 3.05) is 6.54 Å². The summed E-state index contributed by atoms with van der Waals surface area (Å²) >= 11 is 1.34. The minimum atomic E-state index is -0.468. The number of nitrogens with zero attached hydrogens (tertiary/aromatic N) is 2. The van der Waals surface area contributed by atoms with Gasteiger partial charge in [0, 0.05) is 12.6 Å². The van der Waals surface area contributed by atoms with Gasteiger partial charge in [-0.25, -0.2) is 9.78 Å². The minimum Gasteiger partial charge on any atom is -0.450 e. The molecule has 1 aliphatic heterocycles. The fourth-order valence-electron chi connectivity index (χ4n) is 2.55. The maximum atomic E-state index is 12.2. The van der Waals surface area contributed by atoms with Gasteiger partial charge in [0.15, 0.2) is 10.2 Å². The van der Waals surface area contributed by atoms with Gasteiger partial charge in [0.2, 0.25) is 0 Å². The topological polar surface area (TPSA) is 91.2 Å². The van der Waals surface area contributed by atoms with Crippen LogP contribution in [0.4, 0.5) is 4.79 Å². The number of furan rings is 1. The van der Waals surface area contributed by atoms with Crippen LogP contribution in [-0.4, -0.2) is 33.4 Å². The average Bonchev–Trinajstić information content (AvgIpc) is 3.30. The van der Waals surface area contributed by atoms with Gasteiger partial charge in [-0.2, -0.15) is 0 Å². The molecule has 0 spiro atoms. The quantitative estimate of drug-likeness (QED) is 0.410. The summed E-state index contributed by atoms with van der Waals surface area (Å²) in [5.41, 5.74) is 2.00. The van der Waals surface area contributed by atoms with Crippen LogP contribution in [0.25, 0.3) is 17.1 Å². The molecule has 0 radical (unpaired) electrons. The molecule has 0 unspecified atom stereocenters. The molecule has 0 bridgehead atoms. The van der Waals surface area contributed by atoms with E-state index in [4.69, 9.17) is 4.42 Å². The number of rotatable bonds is 5. The number of urea groups is 1. The third-order valence-electron chi connectivity index (χ3n) is 3.73. The largest absolute Gasteiger partial charge is 0.450 e. The second-order valence-corrected chi connectivity index (χ2v) is 6.50. The van der Waals surface area contributed by atoms with Crippen LogP contribution in [-0.2, 0) is 4.79 Å². The smallest absolute Gasteiger partial charge is 0.329 e. The highest BCUT2D eigenvalue weighted by molar-refractivity contribution is 7.99. The van der Waals surface area contributed by atoms with Crippen LogP contribution in [0.5, 0.6) is 0 Å². The van der Waals surface area contributed by atoms with Gasteiger partial charge >= 0.3 is 6.03 Å². The fourth-order valence-corrected chi connectivity index (χ4v) is 3.32. The Morgan fingerprint density at radius 2 is 2.08 bits per heavy atom. The first-order valence-electron chi connectivity index (χ1n) is 7.82. The molecular formula is C18H14N4O3S. The third-order valence-corrected chi connectivity index (χ3v) is 4.53. The van der Waals surface area contributed by atoms with E-state index in [0.717, 1.165) is 15.9 Å². The molecule has 0 aliphatic carbocycles. The average molecular weight is 366 g/mol. The van der Waals surface area contributed by atoms with Crippen LogP contribution in [0, 0.1) is 0 Å². The predicted molar refractivity (Wildman–Crippen MR) is 97.3 cm³/mol. The molecule has 2 N–H and O–H groups in total. The van der Waals surface area contributed by atoms with Gasteiger partial charge in [0.1, 0.15) is 11.5 Å². The van der Waals surface area contributed by atoms with Crippen LogP contribution in [0.15, 0.2) is 69.4 Å².